The molecule has 0 aromatic carbocycles. The molecule has 4 fully saturated rings. The van der Waals surface area contributed by atoms with Gasteiger partial charge in [0.2, 0.25) is 11.8 Å². The van der Waals surface area contributed by atoms with Crippen LogP contribution in [0, 0.1) is 23.2 Å². The molecule has 1 aromatic rings. The summed E-state index contributed by atoms with van der Waals surface area (Å²) in [5.41, 5.74) is 1.16. The molecule has 7 heteroatoms. The van der Waals surface area contributed by atoms with Crippen molar-refractivity contribution in [1.82, 2.24) is 4.90 Å². The Labute approximate surface area is 175 Å². The van der Waals surface area contributed by atoms with Gasteiger partial charge in [-0.3, -0.25) is 9.59 Å². The number of rotatable bonds is 3. The third-order valence-electron chi connectivity index (χ3n) is 7.64. The van der Waals surface area contributed by atoms with Crippen molar-refractivity contribution in [3.8, 4) is 0 Å². The number of anilines is 1. The summed E-state index contributed by atoms with van der Waals surface area (Å²) < 4.78 is 5.04. The molecule has 0 unspecified atom stereocenters. The van der Waals surface area contributed by atoms with Gasteiger partial charge < -0.3 is 15.0 Å². The Kier molecular flexibility index (Phi) is 4.49. The van der Waals surface area contributed by atoms with E-state index in [-0.39, 0.29) is 17.2 Å². The predicted octanol–water partition coefficient (Wildman–Crippen LogP) is 3.59. The summed E-state index contributed by atoms with van der Waals surface area (Å²) >= 11 is 1.43. The lowest BCUT2D eigenvalue weighted by molar-refractivity contribution is -0.140. The molecule has 0 spiro atoms. The van der Waals surface area contributed by atoms with E-state index >= 15 is 0 Å². The van der Waals surface area contributed by atoms with E-state index in [1.165, 1.54) is 37.7 Å². The van der Waals surface area contributed by atoms with Gasteiger partial charge in [0.25, 0.3) is 0 Å². The van der Waals surface area contributed by atoms with E-state index in [0.717, 1.165) is 29.7 Å². The summed E-state index contributed by atoms with van der Waals surface area (Å²) in [7, 11) is 1.38. The average molecular weight is 417 g/mol. The Morgan fingerprint density at radius 1 is 1.10 bits per heavy atom. The Morgan fingerprint density at radius 3 is 2.28 bits per heavy atom. The largest absolute Gasteiger partial charge is 0.465 e. The molecule has 2 amide bonds. The fourth-order valence-corrected chi connectivity index (χ4v) is 7.95. The van der Waals surface area contributed by atoms with Crippen LogP contribution in [0.25, 0.3) is 0 Å². The quantitative estimate of drug-likeness (QED) is 0.764. The second kappa shape index (κ2) is 6.83. The van der Waals surface area contributed by atoms with Gasteiger partial charge >= 0.3 is 5.97 Å². The molecule has 4 bridgehead atoms. The second-order valence-electron chi connectivity index (χ2n) is 9.54. The Hall–Kier alpha value is -1.89. The van der Waals surface area contributed by atoms with E-state index < -0.39 is 5.97 Å². The average Bonchev–Trinajstić information content (AvgIpc) is 3.03. The van der Waals surface area contributed by atoms with Crippen LogP contribution in [0.5, 0.6) is 0 Å². The number of esters is 1. The molecular formula is C22H28N2O4S. The molecule has 29 heavy (non-hydrogen) atoms. The second-order valence-corrected chi connectivity index (χ2v) is 10.6. The number of ether oxygens (including phenoxy) is 1. The normalized spacial score (nSPS) is 32.1. The van der Waals surface area contributed by atoms with Gasteiger partial charge in [-0.25, -0.2) is 4.79 Å². The lowest BCUT2D eigenvalue weighted by Gasteiger charge is -2.55. The van der Waals surface area contributed by atoms with Gasteiger partial charge in [-0.2, -0.15) is 0 Å². The zero-order valence-electron chi connectivity index (χ0n) is 17.1. The van der Waals surface area contributed by atoms with Crippen LogP contribution in [0.3, 0.4) is 0 Å². The molecule has 0 saturated heterocycles. The van der Waals surface area contributed by atoms with Crippen molar-refractivity contribution in [2.24, 2.45) is 23.2 Å². The first-order valence-corrected chi connectivity index (χ1v) is 11.5. The lowest BCUT2D eigenvalue weighted by atomic mass is 9.49. The maximum atomic E-state index is 13.5. The number of hydrogen-bond donors (Lipinski definition) is 1. The molecule has 0 atom stereocenters. The van der Waals surface area contributed by atoms with Crippen molar-refractivity contribution in [2.45, 2.75) is 58.4 Å². The van der Waals surface area contributed by atoms with Gasteiger partial charge in [0.15, 0.2) is 0 Å². The van der Waals surface area contributed by atoms with Crippen LogP contribution >= 0.6 is 11.3 Å². The number of carbonyl (C=O) groups excluding carboxylic acids is 3. The van der Waals surface area contributed by atoms with E-state index in [4.69, 9.17) is 4.74 Å². The van der Waals surface area contributed by atoms with E-state index in [2.05, 4.69) is 5.32 Å². The highest BCUT2D eigenvalue weighted by Gasteiger charge is 2.54. The number of amides is 2. The van der Waals surface area contributed by atoms with Crippen LogP contribution in [0.1, 0.15) is 66.2 Å². The van der Waals surface area contributed by atoms with Gasteiger partial charge in [0, 0.05) is 18.3 Å². The zero-order valence-corrected chi connectivity index (χ0v) is 17.9. The van der Waals surface area contributed by atoms with Crippen molar-refractivity contribution in [2.75, 3.05) is 19.0 Å². The Balaban J connectivity index is 1.44. The molecule has 2 heterocycles. The molecule has 1 N–H and O–H groups in total. The molecule has 6 nitrogen and oxygen atoms in total. The third kappa shape index (κ3) is 3.09. The minimum absolute atomic E-state index is 0.0304. The molecule has 4 saturated carbocycles. The number of hydrogen-bond acceptors (Lipinski definition) is 5. The van der Waals surface area contributed by atoms with Crippen molar-refractivity contribution in [1.29, 1.82) is 0 Å². The fourth-order valence-electron chi connectivity index (χ4n) is 6.70. The molecule has 4 aliphatic carbocycles. The number of methoxy groups -OCH3 is 1. The van der Waals surface area contributed by atoms with Crippen LogP contribution in [-0.4, -0.2) is 36.3 Å². The Bertz CT molecular complexity index is 854. The maximum Gasteiger partial charge on any atom is 0.341 e. The van der Waals surface area contributed by atoms with Crippen LogP contribution in [0.4, 0.5) is 5.00 Å². The number of nitrogens with one attached hydrogen (secondary N) is 1. The maximum absolute atomic E-state index is 13.5. The first-order chi connectivity index (χ1) is 13.9. The summed E-state index contributed by atoms with van der Waals surface area (Å²) in [5, 5.41) is 3.76. The zero-order chi connectivity index (χ0) is 20.3. The van der Waals surface area contributed by atoms with Crippen LogP contribution in [0.2, 0.25) is 0 Å². The topological polar surface area (TPSA) is 75.7 Å². The minimum atomic E-state index is -0.403. The lowest BCUT2D eigenvalue weighted by Crippen LogP contribution is -2.51. The minimum Gasteiger partial charge on any atom is -0.465 e. The summed E-state index contributed by atoms with van der Waals surface area (Å²) in [4.78, 5) is 40.6. The third-order valence-corrected chi connectivity index (χ3v) is 8.77. The molecule has 5 aliphatic rings. The number of thiophene rings is 1. The standard InChI is InChI=1S/C22H28N2O4S/c1-12(25)24-4-3-16-17(11-24)29-19(18(16)20(26)28-2)23-21(27)22-8-13-5-14(9-22)7-15(6-13)10-22/h13-15H,3-11H2,1-2H3,(H,23,27). The van der Waals surface area contributed by atoms with Crippen LogP contribution in [0.15, 0.2) is 0 Å². The predicted molar refractivity (Wildman–Crippen MR) is 110 cm³/mol. The van der Waals surface area contributed by atoms with Crippen LogP contribution < -0.4 is 5.32 Å². The molecule has 1 aliphatic heterocycles. The SMILES string of the molecule is COC(=O)c1c(NC(=O)C23CC4CC(CC(C4)C2)C3)sc2c1CCN(C(C)=O)C2. The van der Waals surface area contributed by atoms with E-state index in [9.17, 15) is 14.4 Å². The fraction of sp³-hybridized carbons (Fsp3) is 0.682. The highest BCUT2D eigenvalue weighted by molar-refractivity contribution is 7.17. The molecule has 0 radical (unpaired) electrons. The molecular weight excluding hydrogens is 388 g/mol. The number of nitrogens with zero attached hydrogens (tertiary/aromatic N) is 1. The summed E-state index contributed by atoms with van der Waals surface area (Å²) in [6.45, 7) is 2.65. The first-order valence-electron chi connectivity index (χ1n) is 10.7. The van der Waals surface area contributed by atoms with E-state index in [1.807, 2.05) is 0 Å². The monoisotopic (exact) mass is 416 g/mol. The van der Waals surface area contributed by atoms with Gasteiger partial charge in [-0.1, -0.05) is 0 Å². The molecule has 1 aromatic heterocycles. The van der Waals surface area contributed by atoms with Crippen molar-refractivity contribution >= 4 is 34.1 Å². The summed E-state index contributed by atoms with van der Waals surface area (Å²) in [6.07, 6.45) is 7.43. The Morgan fingerprint density at radius 2 is 1.72 bits per heavy atom. The molecule has 156 valence electrons. The van der Waals surface area contributed by atoms with Gasteiger partial charge in [-0.05, 0) is 68.3 Å². The van der Waals surface area contributed by atoms with Gasteiger partial charge in [0.1, 0.15) is 5.00 Å². The smallest absolute Gasteiger partial charge is 0.341 e. The van der Waals surface area contributed by atoms with Crippen molar-refractivity contribution < 1.29 is 19.1 Å². The molecule has 6 rings (SSSR count). The number of carbonyl (C=O) groups is 3. The van der Waals surface area contributed by atoms with Gasteiger partial charge in [-0.15, -0.1) is 11.3 Å². The van der Waals surface area contributed by atoms with Gasteiger partial charge in [0.05, 0.1) is 24.6 Å². The highest BCUT2D eigenvalue weighted by atomic mass is 32.1. The first kappa shape index (κ1) is 19.1. The van der Waals surface area contributed by atoms with Crippen molar-refractivity contribution in [3.05, 3.63) is 16.0 Å². The number of fused-ring (bicyclic) bond motifs is 1. The van der Waals surface area contributed by atoms with E-state index in [1.54, 1.807) is 11.8 Å². The summed E-state index contributed by atoms with van der Waals surface area (Å²) in [5.74, 6) is 1.78. The van der Waals surface area contributed by atoms with Crippen molar-refractivity contribution in [3.63, 3.8) is 0 Å². The van der Waals surface area contributed by atoms with Crippen LogP contribution in [-0.2, 0) is 27.3 Å². The highest BCUT2D eigenvalue weighted by Crippen LogP contribution is 2.60. The van der Waals surface area contributed by atoms with E-state index in [0.29, 0.717) is 47.8 Å². The summed E-state index contributed by atoms with van der Waals surface area (Å²) in [6, 6.07) is 0.